The molecule has 0 aliphatic rings. The molecular weight excluding hydrogens is 232 g/mol. The highest BCUT2D eigenvalue weighted by Gasteiger charge is 2.07. The van der Waals surface area contributed by atoms with Crippen LogP contribution in [0.3, 0.4) is 0 Å². The summed E-state index contributed by atoms with van der Waals surface area (Å²) in [5, 5.41) is 2.77. The van der Waals surface area contributed by atoms with Gasteiger partial charge in [0.2, 0.25) is 0 Å². The third-order valence-electron chi connectivity index (χ3n) is 2.46. The standard InChI is InChI=1S/C13H20N2O3/c1-10-3-4-11(9-12(10)17-2)13(16)15-6-8-18-7-5-14/h3-4,9H,5-8,14H2,1-2H3,(H,15,16). The van der Waals surface area contributed by atoms with Gasteiger partial charge in [-0.2, -0.15) is 0 Å². The Kier molecular flexibility index (Phi) is 6.18. The molecule has 1 amide bonds. The SMILES string of the molecule is COc1cc(C(=O)NCCOCCN)ccc1C. The first kappa shape index (κ1) is 14.5. The number of hydrogen-bond donors (Lipinski definition) is 2. The fourth-order valence-electron chi connectivity index (χ4n) is 1.49. The van der Waals surface area contributed by atoms with Crippen LogP contribution in [0.25, 0.3) is 0 Å². The molecule has 0 radical (unpaired) electrons. The van der Waals surface area contributed by atoms with Gasteiger partial charge in [0, 0.05) is 18.7 Å². The number of methoxy groups -OCH3 is 1. The zero-order valence-electron chi connectivity index (χ0n) is 10.9. The maximum absolute atomic E-state index is 11.8. The Hall–Kier alpha value is -1.59. The van der Waals surface area contributed by atoms with Gasteiger partial charge >= 0.3 is 0 Å². The maximum Gasteiger partial charge on any atom is 0.251 e. The lowest BCUT2D eigenvalue weighted by atomic mass is 10.1. The molecule has 0 heterocycles. The van der Waals surface area contributed by atoms with Crippen LogP contribution in [0.2, 0.25) is 0 Å². The van der Waals surface area contributed by atoms with E-state index in [1.54, 1.807) is 19.2 Å². The van der Waals surface area contributed by atoms with E-state index in [9.17, 15) is 4.79 Å². The van der Waals surface area contributed by atoms with Crippen LogP contribution in [0.15, 0.2) is 18.2 Å². The number of hydrogen-bond acceptors (Lipinski definition) is 4. The molecule has 0 spiro atoms. The zero-order chi connectivity index (χ0) is 13.4. The van der Waals surface area contributed by atoms with Gasteiger partial charge in [-0.3, -0.25) is 4.79 Å². The minimum absolute atomic E-state index is 0.135. The third kappa shape index (κ3) is 4.35. The quantitative estimate of drug-likeness (QED) is 0.701. The second kappa shape index (κ2) is 7.68. The van der Waals surface area contributed by atoms with Gasteiger partial charge in [-0.1, -0.05) is 6.07 Å². The molecule has 0 fully saturated rings. The highest BCUT2D eigenvalue weighted by atomic mass is 16.5. The summed E-state index contributed by atoms with van der Waals surface area (Å²) >= 11 is 0. The first-order chi connectivity index (χ1) is 8.69. The van der Waals surface area contributed by atoms with Crippen molar-refractivity contribution in [2.45, 2.75) is 6.92 Å². The van der Waals surface area contributed by atoms with Gasteiger partial charge in [-0.15, -0.1) is 0 Å². The van der Waals surface area contributed by atoms with Crippen LogP contribution in [0, 0.1) is 6.92 Å². The van der Waals surface area contributed by atoms with Gasteiger partial charge < -0.3 is 20.5 Å². The van der Waals surface area contributed by atoms with Crippen LogP contribution in [0.5, 0.6) is 5.75 Å². The number of nitrogens with one attached hydrogen (secondary N) is 1. The van der Waals surface area contributed by atoms with Crippen LogP contribution >= 0.6 is 0 Å². The van der Waals surface area contributed by atoms with Crippen molar-refractivity contribution >= 4 is 5.91 Å². The zero-order valence-corrected chi connectivity index (χ0v) is 10.9. The molecule has 3 N–H and O–H groups in total. The van der Waals surface area contributed by atoms with E-state index in [2.05, 4.69) is 5.32 Å². The molecule has 1 aromatic rings. The molecule has 0 saturated heterocycles. The lowest BCUT2D eigenvalue weighted by Gasteiger charge is -2.08. The topological polar surface area (TPSA) is 73.6 Å². The van der Waals surface area contributed by atoms with Crippen molar-refractivity contribution in [2.75, 3.05) is 33.4 Å². The first-order valence-corrected chi connectivity index (χ1v) is 5.89. The number of rotatable bonds is 7. The average molecular weight is 252 g/mol. The molecule has 0 saturated carbocycles. The number of ether oxygens (including phenoxy) is 2. The minimum Gasteiger partial charge on any atom is -0.496 e. The molecular formula is C13H20N2O3. The Bertz CT molecular complexity index is 394. The van der Waals surface area contributed by atoms with Crippen molar-refractivity contribution in [3.05, 3.63) is 29.3 Å². The molecule has 5 heteroatoms. The van der Waals surface area contributed by atoms with Crippen LogP contribution < -0.4 is 15.8 Å². The third-order valence-corrected chi connectivity index (χ3v) is 2.46. The highest BCUT2D eigenvalue weighted by Crippen LogP contribution is 2.18. The van der Waals surface area contributed by atoms with Gasteiger partial charge in [0.1, 0.15) is 5.75 Å². The van der Waals surface area contributed by atoms with Gasteiger partial charge in [0.25, 0.3) is 5.91 Å². The van der Waals surface area contributed by atoms with Crippen LogP contribution in [-0.4, -0.2) is 39.3 Å². The summed E-state index contributed by atoms with van der Waals surface area (Å²) in [6, 6.07) is 5.36. The molecule has 0 aliphatic heterocycles. The summed E-state index contributed by atoms with van der Waals surface area (Å²) in [5.74, 6) is 0.576. The van der Waals surface area contributed by atoms with E-state index in [1.807, 2.05) is 13.0 Å². The van der Waals surface area contributed by atoms with Crippen molar-refractivity contribution in [1.29, 1.82) is 0 Å². The second-order valence-electron chi connectivity index (χ2n) is 3.84. The van der Waals surface area contributed by atoms with Crippen molar-refractivity contribution in [1.82, 2.24) is 5.32 Å². The van der Waals surface area contributed by atoms with Crippen molar-refractivity contribution in [2.24, 2.45) is 5.73 Å². The summed E-state index contributed by atoms with van der Waals surface area (Å²) in [7, 11) is 1.59. The summed E-state index contributed by atoms with van der Waals surface area (Å²) in [6.45, 7) is 3.86. The molecule has 1 aromatic carbocycles. The molecule has 0 aliphatic carbocycles. The summed E-state index contributed by atoms with van der Waals surface area (Å²) < 4.78 is 10.3. The van der Waals surface area contributed by atoms with Gasteiger partial charge in [-0.05, 0) is 24.6 Å². The van der Waals surface area contributed by atoms with E-state index in [0.29, 0.717) is 37.6 Å². The Morgan fingerprint density at radius 1 is 1.39 bits per heavy atom. The lowest BCUT2D eigenvalue weighted by Crippen LogP contribution is -2.27. The average Bonchev–Trinajstić information content (AvgIpc) is 2.38. The van der Waals surface area contributed by atoms with E-state index in [-0.39, 0.29) is 5.91 Å². The predicted molar refractivity (Wildman–Crippen MR) is 69.9 cm³/mol. The smallest absolute Gasteiger partial charge is 0.251 e. The van der Waals surface area contributed by atoms with Gasteiger partial charge in [-0.25, -0.2) is 0 Å². The van der Waals surface area contributed by atoms with Crippen LogP contribution in [0.4, 0.5) is 0 Å². The van der Waals surface area contributed by atoms with Gasteiger partial charge in [0.15, 0.2) is 0 Å². The number of benzene rings is 1. The normalized spacial score (nSPS) is 10.2. The Morgan fingerprint density at radius 2 is 2.17 bits per heavy atom. The first-order valence-electron chi connectivity index (χ1n) is 5.89. The monoisotopic (exact) mass is 252 g/mol. The highest BCUT2D eigenvalue weighted by molar-refractivity contribution is 5.94. The van der Waals surface area contributed by atoms with Gasteiger partial charge in [0.05, 0.1) is 20.3 Å². The molecule has 0 aromatic heterocycles. The molecule has 0 bridgehead atoms. The maximum atomic E-state index is 11.8. The van der Waals surface area contributed by atoms with Crippen LogP contribution in [0.1, 0.15) is 15.9 Å². The Balaban J connectivity index is 2.46. The van der Waals surface area contributed by atoms with E-state index in [4.69, 9.17) is 15.2 Å². The molecule has 5 nitrogen and oxygen atoms in total. The summed E-state index contributed by atoms with van der Waals surface area (Å²) in [4.78, 5) is 11.8. The molecule has 1 rings (SSSR count). The lowest BCUT2D eigenvalue weighted by molar-refractivity contribution is 0.0919. The molecule has 100 valence electrons. The number of aryl methyl sites for hydroxylation is 1. The van der Waals surface area contributed by atoms with E-state index >= 15 is 0 Å². The molecule has 18 heavy (non-hydrogen) atoms. The Morgan fingerprint density at radius 3 is 2.83 bits per heavy atom. The van der Waals surface area contributed by atoms with Crippen LogP contribution in [-0.2, 0) is 4.74 Å². The summed E-state index contributed by atoms with van der Waals surface area (Å²) in [5.41, 5.74) is 6.86. The number of nitrogens with two attached hydrogens (primary N) is 1. The minimum atomic E-state index is -0.135. The number of amides is 1. The van der Waals surface area contributed by atoms with Crippen molar-refractivity contribution < 1.29 is 14.3 Å². The fraction of sp³-hybridized carbons (Fsp3) is 0.462. The Labute approximate surface area is 107 Å². The summed E-state index contributed by atoms with van der Waals surface area (Å²) in [6.07, 6.45) is 0. The number of carbonyl (C=O) groups is 1. The van der Waals surface area contributed by atoms with E-state index < -0.39 is 0 Å². The molecule has 0 unspecified atom stereocenters. The van der Waals surface area contributed by atoms with Crippen molar-refractivity contribution in [3.63, 3.8) is 0 Å². The molecule has 0 atom stereocenters. The predicted octanol–water partition coefficient (Wildman–Crippen LogP) is 0.709. The van der Waals surface area contributed by atoms with Crippen molar-refractivity contribution in [3.8, 4) is 5.75 Å². The van der Waals surface area contributed by atoms with E-state index in [0.717, 1.165) is 5.56 Å². The fourth-order valence-corrected chi connectivity index (χ4v) is 1.49. The largest absolute Gasteiger partial charge is 0.496 e. The number of carbonyl (C=O) groups excluding carboxylic acids is 1. The van der Waals surface area contributed by atoms with E-state index in [1.165, 1.54) is 0 Å². The second-order valence-corrected chi connectivity index (χ2v) is 3.84.